The molecule has 2 heterocycles. The van der Waals surface area contributed by atoms with Gasteiger partial charge in [0, 0.05) is 26.1 Å². The van der Waals surface area contributed by atoms with Crippen LogP contribution in [-0.4, -0.2) is 41.5 Å². The van der Waals surface area contributed by atoms with E-state index in [4.69, 9.17) is 9.26 Å². The molecule has 2 aromatic rings. The maximum absolute atomic E-state index is 12.6. The minimum atomic E-state index is -0.251. The lowest BCUT2D eigenvalue weighted by atomic mass is 10.00. The molecule has 1 aliphatic rings. The van der Waals surface area contributed by atoms with Crippen LogP contribution in [0.4, 0.5) is 0 Å². The second-order valence-corrected chi connectivity index (χ2v) is 7.68. The van der Waals surface area contributed by atoms with Crippen LogP contribution in [-0.2, 0) is 11.4 Å². The summed E-state index contributed by atoms with van der Waals surface area (Å²) >= 11 is 0. The highest BCUT2D eigenvalue weighted by Gasteiger charge is 2.21. The predicted molar refractivity (Wildman–Crippen MR) is 109 cm³/mol. The van der Waals surface area contributed by atoms with Gasteiger partial charge in [-0.05, 0) is 44.7 Å². The number of amides is 2. The van der Waals surface area contributed by atoms with Gasteiger partial charge in [-0.25, -0.2) is 0 Å². The molecular formula is C22H29N3O4. The lowest BCUT2D eigenvalue weighted by molar-refractivity contribution is -0.132. The molecular weight excluding hydrogens is 370 g/mol. The van der Waals surface area contributed by atoms with E-state index >= 15 is 0 Å². The van der Waals surface area contributed by atoms with E-state index in [1.807, 2.05) is 24.8 Å². The molecule has 1 atom stereocenters. The Balaban J connectivity index is 1.53. The summed E-state index contributed by atoms with van der Waals surface area (Å²) in [6.07, 6.45) is 2.53. The number of hydrogen-bond donors (Lipinski definition) is 1. The van der Waals surface area contributed by atoms with E-state index in [2.05, 4.69) is 17.4 Å². The predicted octanol–water partition coefficient (Wildman–Crippen LogP) is 3.25. The fourth-order valence-electron chi connectivity index (χ4n) is 3.59. The number of carbonyl (C=O) groups is 2. The zero-order chi connectivity index (χ0) is 20.8. The number of nitrogens with zero attached hydrogens (tertiary/aromatic N) is 2. The first-order valence-electron chi connectivity index (χ1n) is 10.1. The van der Waals surface area contributed by atoms with E-state index in [0.29, 0.717) is 36.0 Å². The van der Waals surface area contributed by atoms with E-state index in [1.165, 1.54) is 6.42 Å². The summed E-state index contributed by atoms with van der Waals surface area (Å²) in [5.74, 6) is 1.58. The van der Waals surface area contributed by atoms with Crippen LogP contribution >= 0.6 is 0 Å². The molecule has 7 nitrogen and oxygen atoms in total. The monoisotopic (exact) mass is 399 g/mol. The van der Waals surface area contributed by atoms with E-state index in [0.717, 1.165) is 30.8 Å². The molecule has 1 N–H and O–H groups in total. The van der Waals surface area contributed by atoms with Crippen LogP contribution in [0.1, 0.15) is 53.6 Å². The largest absolute Gasteiger partial charge is 0.488 e. The van der Waals surface area contributed by atoms with Crippen molar-refractivity contribution in [1.29, 1.82) is 0 Å². The molecule has 2 amide bonds. The molecule has 1 aromatic carbocycles. The summed E-state index contributed by atoms with van der Waals surface area (Å²) in [5, 5.41) is 6.76. The van der Waals surface area contributed by atoms with E-state index in [9.17, 15) is 9.59 Å². The Bertz CT molecular complexity index is 842. The van der Waals surface area contributed by atoms with Crippen molar-refractivity contribution in [2.45, 2.75) is 46.6 Å². The Labute approximate surface area is 171 Å². The van der Waals surface area contributed by atoms with Crippen molar-refractivity contribution in [3.63, 3.8) is 0 Å². The number of rotatable bonds is 7. The molecule has 1 fully saturated rings. The van der Waals surface area contributed by atoms with Crippen molar-refractivity contribution in [3.05, 3.63) is 46.8 Å². The number of para-hydroxylation sites is 1. The van der Waals surface area contributed by atoms with Gasteiger partial charge >= 0.3 is 0 Å². The molecule has 7 heteroatoms. The number of carbonyl (C=O) groups excluding carboxylic acids is 2. The second-order valence-electron chi connectivity index (χ2n) is 7.68. The van der Waals surface area contributed by atoms with E-state index in [-0.39, 0.29) is 18.4 Å². The molecule has 1 aliphatic heterocycles. The van der Waals surface area contributed by atoms with Gasteiger partial charge < -0.3 is 19.5 Å². The molecule has 29 heavy (non-hydrogen) atoms. The van der Waals surface area contributed by atoms with Crippen LogP contribution in [0.3, 0.4) is 0 Å². The van der Waals surface area contributed by atoms with Gasteiger partial charge in [-0.2, -0.15) is 0 Å². The standard InChI is InChI=1S/C22H29N3O4/c1-15-7-6-12-25(13-15)21(26)10-11-23-22(27)18-8-4-5-9-20(18)28-14-19-16(2)24-29-17(19)3/h4-5,8-9,15H,6-7,10-14H2,1-3H3,(H,23,27). The average Bonchev–Trinajstić information content (AvgIpc) is 3.04. The molecule has 0 aliphatic carbocycles. The fourth-order valence-corrected chi connectivity index (χ4v) is 3.59. The summed E-state index contributed by atoms with van der Waals surface area (Å²) < 4.78 is 11.0. The topological polar surface area (TPSA) is 84.7 Å². The number of benzene rings is 1. The number of aryl methyl sites for hydroxylation is 2. The van der Waals surface area contributed by atoms with Crippen LogP contribution in [0.15, 0.2) is 28.8 Å². The van der Waals surface area contributed by atoms with Crippen LogP contribution in [0.5, 0.6) is 5.75 Å². The van der Waals surface area contributed by atoms with Gasteiger partial charge in [0.15, 0.2) is 0 Å². The highest BCUT2D eigenvalue weighted by atomic mass is 16.5. The van der Waals surface area contributed by atoms with Gasteiger partial charge in [0.1, 0.15) is 18.1 Å². The Hall–Kier alpha value is -2.83. The number of hydrogen-bond acceptors (Lipinski definition) is 5. The molecule has 3 rings (SSSR count). The second kappa shape index (κ2) is 9.58. The van der Waals surface area contributed by atoms with Gasteiger partial charge in [0.05, 0.1) is 16.8 Å². The first-order valence-corrected chi connectivity index (χ1v) is 10.1. The van der Waals surface area contributed by atoms with Gasteiger partial charge in [-0.1, -0.05) is 24.2 Å². The van der Waals surface area contributed by atoms with Crippen molar-refractivity contribution in [3.8, 4) is 5.75 Å². The molecule has 1 aromatic heterocycles. The molecule has 0 bridgehead atoms. The van der Waals surface area contributed by atoms with Crippen molar-refractivity contribution in [2.75, 3.05) is 19.6 Å². The SMILES string of the molecule is Cc1noc(C)c1COc1ccccc1C(=O)NCCC(=O)N1CCCC(C)C1. The van der Waals surface area contributed by atoms with Crippen LogP contribution in [0.2, 0.25) is 0 Å². The quantitative estimate of drug-likeness (QED) is 0.773. The number of likely N-dealkylation sites (tertiary alicyclic amines) is 1. The lowest BCUT2D eigenvalue weighted by Crippen LogP contribution is -2.40. The van der Waals surface area contributed by atoms with Gasteiger partial charge in [0.2, 0.25) is 5.91 Å². The molecule has 0 saturated carbocycles. The van der Waals surface area contributed by atoms with Gasteiger partial charge in [-0.3, -0.25) is 9.59 Å². The zero-order valence-electron chi connectivity index (χ0n) is 17.4. The van der Waals surface area contributed by atoms with Crippen LogP contribution in [0.25, 0.3) is 0 Å². The molecule has 1 unspecified atom stereocenters. The third-order valence-corrected chi connectivity index (χ3v) is 5.32. The maximum atomic E-state index is 12.6. The summed E-state index contributed by atoms with van der Waals surface area (Å²) in [5.41, 5.74) is 2.09. The molecule has 0 spiro atoms. The highest BCUT2D eigenvalue weighted by Crippen LogP contribution is 2.21. The third kappa shape index (κ3) is 5.37. The van der Waals surface area contributed by atoms with Crippen molar-refractivity contribution in [2.24, 2.45) is 5.92 Å². The smallest absolute Gasteiger partial charge is 0.255 e. The van der Waals surface area contributed by atoms with Gasteiger partial charge in [-0.15, -0.1) is 0 Å². The third-order valence-electron chi connectivity index (χ3n) is 5.32. The van der Waals surface area contributed by atoms with Crippen LogP contribution in [0, 0.1) is 19.8 Å². The van der Waals surface area contributed by atoms with Crippen LogP contribution < -0.4 is 10.1 Å². The molecule has 0 radical (unpaired) electrons. The number of aromatic nitrogens is 1. The summed E-state index contributed by atoms with van der Waals surface area (Å²) in [4.78, 5) is 26.9. The minimum Gasteiger partial charge on any atom is -0.488 e. The zero-order valence-corrected chi connectivity index (χ0v) is 17.4. The lowest BCUT2D eigenvalue weighted by Gasteiger charge is -2.31. The fraction of sp³-hybridized carbons (Fsp3) is 0.500. The minimum absolute atomic E-state index is 0.0970. The summed E-state index contributed by atoms with van der Waals surface area (Å²) in [6.45, 7) is 8.06. The Morgan fingerprint density at radius 2 is 2.10 bits per heavy atom. The maximum Gasteiger partial charge on any atom is 0.255 e. The first-order chi connectivity index (χ1) is 14.0. The van der Waals surface area contributed by atoms with E-state index < -0.39 is 0 Å². The number of nitrogens with one attached hydrogen (secondary N) is 1. The highest BCUT2D eigenvalue weighted by molar-refractivity contribution is 5.97. The Kier molecular flexibility index (Phi) is 6.90. The van der Waals surface area contributed by atoms with Crippen molar-refractivity contribution < 1.29 is 18.8 Å². The molecule has 1 saturated heterocycles. The van der Waals surface area contributed by atoms with E-state index in [1.54, 1.807) is 18.2 Å². The average molecular weight is 399 g/mol. The molecule has 156 valence electrons. The number of ether oxygens (including phenoxy) is 1. The first kappa shape index (κ1) is 20.9. The number of piperidine rings is 1. The van der Waals surface area contributed by atoms with Crippen molar-refractivity contribution >= 4 is 11.8 Å². The summed E-state index contributed by atoms with van der Waals surface area (Å²) in [6, 6.07) is 7.08. The normalized spacial score (nSPS) is 16.5. The summed E-state index contributed by atoms with van der Waals surface area (Å²) in [7, 11) is 0. The Morgan fingerprint density at radius 1 is 1.31 bits per heavy atom. The van der Waals surface area contributed by atoms with Gasteiger partial charge in [0.25, 0.3) is 5.91 Å². The van der Waals surface area contributed by atoms with Crippen molar-refractivity contribution in [1.82, 2.24) is 15.4 Å². The Morgan fingerprint density at radius 3 is 2.83 bits per heavy atom.